The molecule has 0 N–H and O–H groups in total. The zero-order valence-electron chi connectivity index (χ0n) is 7.00. The molecule has 0 spiro atoms. The second-order valence-electron chi connectivity index (χ2n) is 2.88. The lowest BCUT2D eigenvalue weighted by molar-refractivity contribution is 0.552. The smallest absolute Gasteiger partial charge is 0.0934 e. The van der Waals surface area contributed by atoms with Gasteiger partial charge in [-0.05, 0) is 30.4 Å². The molecule has 1 unspecified atom stereocenters. The molecule has 1 heterocycles. The lowest BCUT2D eigenvalue weighted by Crippen LogP contribution is -2.03. The summed E-state index contributed by atoms with van der Waals surface area (Å²) in [5.41, 5.74) is 1.27. The maximum absolute atomic E-state index is 5.00. The molecule has 1 aromatic rings. The van der Waals surface area contributed by atoms with E-state index in [4.69, 9.17) is 4.42 Å². The number of alkyl halides is 1. The lowest BCUT2D eigenvalue weighted by atomic mass is 10.0. The minimum Gasteiger partial charge on any atom is -0.472 e. The van der Waals surface area contributed by atoms with Crippen molar-refractivity contribution in [2.45, 2.75) is 12.8 Å². The standard InChI is InChI=1S/C10H13BrO/c1-2-3-9(7-11)6-10-4-5-12-8-10/h2,4-5,8-9H,1,3,6-7H2. The summed E-state index contributed by atoms with van der Waals surface area (Å²) >= 11 is 3.48. The highest BCUT2D eigenvalue weighted by atomic mass is 79.9. The highest BCUT2D eigenvalue weighted by Crippen LogP contribution is 2.15. The van der Waals surface area contributed by atoms with Gasteiger partial charge in [0, 0.05) is 5.33 Å². The summed E-state index contributed by atoms with van der Waals surface area (Å²) in [5.74, 6) is 0.639. The molecule has 2 heteroatoms. The van der Waals surface area contributed by atoms with Gasteiger partial charge in [0.05, 0.1) is 12.5 Å². The first kappa shape index (κ1) is 9.59. The van der Waals surface area contributed by atoms with Crippen molar-refractivity contribution in [2.75, 3.05) is 5.33 Å². The van der Waals surface area contributed by atoms with Gasteiger partial charge in [-0.1, -0.05) is 22.0 Å². The summed E-state index contributed by atoms with van der Waals surface area (Å²) < 4.78 is 5.00. The minimum absolute atomic E-state index is 0.639. The molecule has 0 bridgehead atoms. The van der Waals surface area contributed by atoms with Crippen molar-refractivity contribution >= 4 is 15.9 Å². The van der Waals surface area contributed by atoms with E-state index >= 15 is 0 Å². The molecule has 0 aromatic carbocycles. The molecule has 0 aliphatic heterocycles. The predicted octanol–water partition coefficient (Wildman–Crippen LogP) is 3.41. The van der Waals surface area contributed by atoms with Crippen LogP contribution in [-0.2, 0) is 6.42 Å². The molecule has 0 amide bonds. The Morgan fingerprint density at radius 3 is 3.00 bits per heavy atom. The predicted molar refractivity (Wildman–Crippen MR) is 54.5 cm³/mol. The second kappa shape index (κ2) is 5.20. The molecule has 1 aromatic heterocycles. The summed E-state index contributed by atoms with van der Waals surface area (Å²) in [4.78, 5) is 0. The van der Waals surface area contributed by atoms with E-state index in [1.165, 1.54) is 5.56 Å². The van der Waals surface area contributed by atoms with Crippen molar-refractivity contribution < 1.29 is 4.42 Å². The van der Waals surface area contributed by atoms with Gasteiger partial charge in [0.15, 0.2) is 0 Å². The average Bonchev–Trinajstić information content (AvgIpc) is 2.56. The number of halogens is 1. The average molecular weight is 229 g/mol. The van der Waals surface area contributed by atoms with Crippen molar-refractivity contribution in [1.82, 2.24) is 0 Å². The fraction of sp³-hybridized carbons (Fsp3) is 0.400. The first-order valence-electron chi connectivity index (χ1n) is 4.04. The highest BCUT2D eigenvalue weighted by Gasteiger charge is 2.06. The summed E-state index contributed by atoms with van der Waals surface area (Å²) in [6.07, 6.45) is 7.60. The zero-order valence-corrected chi connectivity index (χ0v) is 8.59. The van der Waals surface area contributed by atoms with Gasteiger partial charge in [-0.2, -0.15) is 0 Å². The highest BCUT2D eigenvalue weighted by molar-refractivity contribution is 9.09. The molecule has 0 saturated heterocycles. The van der Waals surface area contributed by atoms with E-state index in [0.29, 0.717) is 5.92 Å². The lowest BCUT2D eigenvalue weighted by Gasteiger charge is -2.08. The Hall–Kier alpha value is -0.500. The van der Waals surface area contributed by atoms with Crippen LogP contribution in [-0.4, -0.2) is 5.33 Å². The Labute approximate surface area is 81.6 Å². The van der Waals surface area contributed by atoms with Crippen LogP contribution in [0.2, 0.25) is 0 Å². The fourth-order valence-electron chi connectivity index (χ4n) is 1.18. The van der Waals surface area contributed by atoms with Gasteiger partial charge in [-0.25, -0.2) is 0 Å². The molecule has 1 atom stereocenters. The van der Waals surface area contributed by atoms with Gasteiger partial charge < -0.3 is 4.42 Å². The summed E-state index contributed by atoms with van der Waals surface area (Å²) in [6.45, 7) is 3.73. The van der Waals surface area contributed by atoms with E-state index in [1.807, 2.05) is 12.1 Å². The molecule has 0 fully saturated rings. The van der Waals surface area contributed by atoms with Gasteiger partial charge in [-0.3, -0.25) is 0 Å². The van der Waals surface area contributed by atoms with Crippen molar-refractivity contribution in [3.63, 3.8) is 0 Å². The van der Waals surface area contributed by atoms with Gasteiger partial charge in [0.2, 0.25) is 0 Å². The van der Waals surface area contributed by atoms with Gasteiger partial charge in [-0.15, -0.1) is 6.58 Å². The number of furan rings is 1. The summed E-state index contributed by atoms with van der Waals surface area (Å²) in [6, 6.07) is 2.01. The molecule has 0 aliphatic carbocycles. The number of allylic oxidation sites excluding steroid dienone is 1. The molecular weight excluding hydrogens is 216 g/mol. The van der Waals surface area contributed by atoms with Crippen LogP contribution >= 0.6 is 15.9 Å². The number of hydrogen-bond donors (Lipinski definition) is 0. The third-order valence-corrected chi connectivity index (χ3v) is 2.74. The Morgan fingerprint density at radius 1 is 1.67 bits per heavy atom. The normalized spacial score (nSPS) is 12.8. The van der Waals surface area contributed by atoms with Crippen LogP contribution in [0.3, 0.4) is 0 Å². The van der Waals surface area contributed by atoms with Crippen LogP contribution in [0.5, 0.6) is 0 Å². The third kappa shape index (κ3) is 2.86. The third-order valence-electron chi connectivity index (χ3n) is 1.82. The molecule has 0 saturated carbocycles. The quantitative estimate of drug-likeness (QED) is 0.557. The SMILES string of the molecule is C=CCC(CBr)Cc1ccoc1. The monoisotopic (exact) mass is 228 g/mol. The van der Waals surface area contributed by atoms with Crippen molar-refractivity contribution in [3.8, 4) is 0 Å². The van der Waals surface area contributed by atoms with E-state index in [2.05, 4.69) is 22.5 Å². The summed E-state index contributed by atoms with van der Waals surface area (Å²) in [5, 5.41) is 1.02. The molecule has 66 valence electrons. The summed E-state index contributed by atoms with van der Waals surface area (Å²) in [7, 11) is 0. The maximum atomic E-state index is 5.00. The van der Waals surface area contributed by atoms with E-state index in [9.17, 15) is 0 Å². The Morgan fingerprint density at radius 2 is 2.50 bits per heavy atom. The van der Waals surface area contributed by atoms with E-state index in [0.717, 1.165) is 18.2 Å². The fourth-order valence-corrected chi connectivity index (χ4v) is 1.67. The maximum Gasteiger partial charge on any atom is 0.0934 e. The van der Waals surface area contributed by atoms with Gasteiger partial charge in [0.25, 0.3) is 0 Å². The largest absolute Gasteiger partial charge is 0.472 e. The van der Waals surface area contributed by atoms with Crippen molar-refractivity contribution in [3.05, 3.63) is 36.8 Å². The topological polar surface area (TPSA) is 13.1 Å². The van der Waals surface area contributed by atoms with Crippen molar-refractivity contribution in [2.24, 2.45) is 5.92 Å². The van der Waals surface area contributed by atoms with Gasteiger partial charge >= 0.3 is 0 Å². The molecule has 1 rings (SSSR count). The number of rotatable bonds is 5. The molecule has 0 aliphatic rings. The Bertz CT molecular complexity index is 216. The van der Waals surface area contributed by atoms with Crippen molar-refractivity contribution in [1.29, 1.82) is 0 Å². The van der Waals surface area contributed by atoms with Crippen LogP contribution in [0.1, 0.15) is 12.0 Å². The Balaban J connectivity index is 2.42. The van der Waals surface area contributed by atoms with Crippen LogP contribution in [0, 0.1) is 5.92 Å². The van der Waals surface area contributed by atoms with E-state index < -0.39 is 0 Å². The van der Waals surface area contributed by atoms with Crippen LogP contribution in [0.15, 0.2) is 35.7 Å². The van der Waals surface area contributed by atoms with Crippen LogP contribution in [0.25, 0.3) is 0 Å². The minimum atomic E-state index is 0.639. The first-order chi connectivity index (χ1) is 5.86. The van der Waals surface area contributed by atoms with E-state index in [-0.39, 0.29) is 0 Å². The number of hydrogen-bond acceptors (Lipinski definition) is 1. The first-order valence-corrected chi connectivity index (χ1v) is 5.17. The zero-order chi connectivity index (χ0) is 8.81. The molecular formula is C10H13BrO. The Kier molecular flexibility index (Phi) is 4.15. The van der Waals surface area contributed by atoms with E-state index in [1.54, 1.807) is 12.5 Å². The second-order valence-corrected chi connectivity index (χ2v) is 3.53. The molecule has 12 heavy (non-hydrogen) atoms. The molecule has 0 radical (unpaired) electrons. The van der Waals surface area contributed by atoms with Crippen LogP contribution < -0.4 is 0 Å². The van der Waals surface area contributed by atoms with Gasteiger partial charge in [0.1, 0.15) is 0 Å². The van der Waals surface area contributed by atoms with Crippen LogP contribution in [0.4, 0.5) is 0 Å². The molecule has 1 nitrogen and oxygen atoms in total.